The highest BCUT2D eigenvalue weighted by molar-refractivity contribution is 5.37. The van der Waals surface area contributed by atoms with Crippen LogP contribution in [0.4, 0.5) is 0 Å². The predicted molar refractivity (Wildman–Crippen MR) is 54.4 cm³/mol. The Kier molecular flexibility index (Phi) is 2.34. The van der Waals surface area contributed by atoms with Crippen molar-refractivity contribution in [2.24, 2.45) is 0 Å². The molecule has 0 spiro atoms. The van der Waals surface area contributed by atoms with E-state index in [0.717, 1.165) is 19.6 Å². The molecule has 1 aliphatic rings. The van der Waals surface area contributed by atoms with Crippen molar-refractivity contribution in [1.29, 1.82) is 0 Å². The molecule has 2 rings (SSSR count). The summed E-state index contributed by atoms with van der Waals surface area (Å²) < 4.78 is 0. The van der Waals surface area contributed by atoms with Gasteiger partial charge in [-0.2, -0.15) is 0 Å². The number of hydrogen-bond acceptors (Lipinski definition) is 2. The van der Waals surface area contributed by atoms with Gasteiger partial charge in [-0.25, -0.2) is 0 Å². The molecule has 0 radical (unpaired) electrons. The Bertz CT molecular complexity index is 305. The zero-order chi connectivity index (χ0) is 9.26. The van der Waals surface area contributed by atoms with Crippen LogP contribution in [0.15, 0.2) is 18.2 Å². The zero-order valence-electron chi connectivity index (χ0n) is 8.30. The molecule has 0 saturated carbocycles. The van der Waals surface area contributed by atoms with Gasteiger partial charge in [0.2, 0.25) is 0 Å². The second-order valence-corrected chi connectivity index (χ2v) is 3.90. The molecule has 0 amide bonds. The largest absolute Gasteiger partial charge is 0.309 e. The second-order valence-electron chi connectivity index (χ2n) is 3.90. The molecular weight excluding hydrogens is 160 g/mol. The van der Waals surface area contributed by atoms with E-state index in [1.807, 2.05) is 0 Å². The van der Waals surface area contributed by atoms with Gasteiger partial charge in [0.25, 0.3) is 0 Å². The van der Waals surface area contributed by atoms with Crippen LogP contribution in [0.1, 0.15) is 16.7 Å². The molecule has 0 atom stereocenters. The fourth-order valence-electron chi connectivity index (χ4n) is 1.89. The van der Waals surface area contributed by atoms with Crippen LogP contribution in [0.5, 0.6) is 0 Å². The van der Waals surface area contributed by atoms with Crippen molar-refractivity contribution in [1.82, 2.24) is 10.2 Å². The minimum atomic E-state index is 1.04. The van der Waals surface area contributed by atoms with E-state index in [1.165, 1.54) is 16.7 Å². The number of rotatable bonds is 2. The van der Waals surface area contributed by atoms with Crippen molar-refractivity contribution in [3.05, 3.63) is 34.9 Å². The third-order valence-corrected chi connectivity index (χ3v) is 2.47. The molecule has 70 valence electrons. The van der Waals surface area contributed by atoms with E-state index in [1.54, 1.807) is 0 Å². The van der Waals surface area contributed by atoms with E-state index >= 15 is 0 Å². The van der Waals surface area contributed by atoms with Crippen LogP contribution >= 0.6 is 0 Å². The molecule has 0 aliphatic carbocycles. The Hall–Kier alpha value is -0.860. The van der Waals surface area contributed by atoms with Gasteiger partial charge in [-0.3, -0.25) is 0 Å². The summed E-state index contributed by atoms with van der Waals surface area (Å²) in [6.45, 7) is 3.13. The normalized spacial score (nSPS) is 15.0. The van der Waals surface area contributed by atoms with Gasteiger partial charge in [0, 0.05) is 19.6 Å². The summed E-state index contributed by atoms with van der Waals surface area (Å²) in [6, 6.07) is 6.60. The van der Waals surface area contributed by atoms with Crippen molar-refractivity contribution in [2.45, 2.75) is 19.6 Å². The molecule has 1 N–H and O–H groups in total. The number of nitrogens with one attached hydrogen (secondary N) is 1. The van der Waals surface area contributed by atoms with E-state index in [2.05, 4.69) is 42.5 Å². The first kappa shape index (κ1) is 8.73. The van der Waals surface area contributed by atoms with Crippen molar-refractivity contribution >= 4 is 0 Å². The Balaban J connectivity index is 2.30. The van der Waals surface area contributed by atoms with E-state index in [4.69, 9.17) is 0 Å². The number of hydrogen-bond donors (Lipinski definition) is 1. The maximum atomic E-state index is 3.38. The fraction of sp³-hybridized carbons (Fsp3) is 0.455. The quantitative estimate of drug-likeness (QED) is 0.731. The highest BCUT2D eigenvalue weighted by Crippen LogP contribution is 2.20. The summed E-state index contributed by atoms with van der Waals surface area (Å²) in [6.07, 6.45) is 0. The molecule has 0 unspecified atom stereocenters. The van der Waals surface area contributed by atoms with Gasteiger partial charge in [-0.15, -0.1) is 0 Å². The maximum Gasteiger partial charge on any atom is 0.0230 e. The van der Waals surface area contributed by atoms with Crippen LogP contribution in [0.2, 0.25) is 0 Å². The Morgan fingerprint density at radius 3 is 2.92 bits per heavy atom. The van der Waals surface area contributed by atoms with E-state index in [0.29, 0.717) is 0 Å². The van der Waals surface area contributed by atoms with Crippen LogP contribution in [0.3, 0.4) is 0 Å². The molecule has 1 aromatic carbocycles. The highest BCUT2D eigenvalue weighted by atomic mass is 15.0. The molecule has 2 nitrogen and oxygen atoms in total. The topological polar surface area (TPSA) is 15.3 Å². The molecule has 2 heteroatoms. The summed E-state index contributed by atoms with van der Waals surface area (Å²) in [4.78, 5) is 2.22. The van der Waals surface area contributed by atoms with Gasteiger partial charge in [-0.1, -0.05) is 18.2 Å². The first-order chi connectivity index (χ1) is 6.27. The summed E-state index contributed by atoms with van der Waals surface area (Å²) >= 11 is 0. The summed E-state index contributed by atoms with van der Waals surface area (Å²) in [5.74, 6) is 0. The van der Waals surface area contributed by atoms with E-state index in [9.17, 15) is 0 Å². The highest BCUT2D eigenvalue weighted by Gasteiger charge is 2.13. The van der Waals surface area contributed by atoms with Crippen molar-refractivity contribution in [3.63, 3.8) is 0 Å². The van der Waals surface area contributed by atoms with Crippen LogP contribution < -0.4 is 5.32 Å². The Morgan fingerprint density at radius 2 is 2.15 bits per heavy atom. The van der Waals surface area contributed by atoms with Gasteiger partial charge >= 0.3 is 0 Å². The fourth-order valence-corrected chi connectivity index (χ4v) is 1.89. The monoisotopic (exact) mass is 176 g/mol. The molecule has 1 heterocycles. The standard InChI is InChI=1S/C11H16N2/c1-13(2)8-10-5-3-4-9-6-12-7-11(9)10/h3-5,12H,6-8H2,1-2H3. The third kappa shape index (κ3) is 1.74. The third-order valence-electron chi connectivity index (χ3n) is 2.47. The predicted octanol–water partition coefficient (Wildman–Crippen LogP) is 1.35. The molecule has 0 saturated heterocycles. The van der Waals surface area contributed by atoms with Gasteiger partial charge in [0.15, 0.2) is 0 Å². The number of benzene rings is 1. The minimum Gasteiger partial charge on any atom is -0.309 e. The van der Waals surface area contributed by atoms with Crippen LogP contribution in [-0.4, -0.2) is 19.0 Å². The molecular formula is C11H16N2. The zero-order valence-corrected chi connectivity index (χ0v) is 8.30. The van der Waals surface area contributed by atoms with E-state index < -0.39 is 0 Å². The van der Waals surface area contributed by atoms with Gasteiger partial charge < -0.3 is 10.2 Å². The van der Waals surface area contributed by atoms with Gasteiger partial charge in [-0.05, 0) is 30.8 Å². The molecule has 0 bridgehead atoms. The van der Waals surface area contributed by atoms with Crippen molar-refractivity contribution in [3.8, 4) is 0 Å². The number of nitrogens with zero attached hydrogens (tertiary/aromatic N) is 1. The van der Waals surface area contributed by atoms with Crippen LogP contribution in [-0.2, 0) is 19.6 Å². The average Bonchev–Trinajstić information content (AvgIpc) is 2.51. The number of fused-ring (bicyclic) bond motifs is 1. The van der Waals surface area contributed by atoms with Crippen LogP contribution in [0.25, 0.3) is 0 Å². The van der Waals surface area contributed by atoms with Gasteiger partial charge in [0.05, 0.1) is 0 Å². The lowest BCUT2D eigenvalue weighted by Gasteiger charge is -2.12. The van der Waals surface area contributed by atoms with Crippen molar-refractivity contribution in [2.75, 3.05) is 14.1 Å². The van der Waals surface area contributed by atoms with Gasteiger partial charge in [0.1, 0.15) is 0 Å². The minimum absolute atomic E-state index is 1.04. The molecule has 13 heavy (non-hydrogen) atoms. The lowest BCUT2D eigenvalue weighted by atomic mass is 10.0. The van der Waals surface area contributed by atoms with E-state index in [-0.39, 0.29) is 0 Å². The van der Waals surface area contributed by atoms with Crippen LogP contribution in [0, 0.1) is 0 Å². The second kappa shape index (κ2) is 3.48. The summed E-state index contributed by atoms with van der Waals surface area (Å²) in [5.41, 5.74) is 4.45. The SMILES string of the molecule is CN(C)Cc1cccc2c1CNC2. The first-order valence-electron chi connectivity index (χ1n) is 4.72. The lowest BCUT2D eigenvalue weighted by Crippen LogP contribution is -2.12. The molecule has 0 fully saturated rings. The molecule has 1 aliphatic heterocycles. The Morgan fingerprint density at radius 1 is 1.31 bits per heavy atom. The lowest BCUT2D eigenvalue weighted by molar-refractivity contribution is 0.401. The molecule has 0 aromatic heterocycles. The molecule has 1 aromatic rings. The summed E-state index contributed by atoms with van der Waals surface area (Å²) in [7, 11) is 4.23. The van der Waals surface area contributed by atoms with Crippen molar-refractivity contribution < 1.29 is 0 Å². The smallest absolute Gasteiger partial charge is 0.0230 e. The first-order valence-corrected chi connectivity index (χ1v) is 4.72. The maximum absolute atomic E-state index is 3.38. The Labute approximate surface area is 79.6 Å². The average molecular weight is 176 g/mol. The summed E-state index contributed by atoms with van der Waals surface area (Å²) in [5, 5.41) is 3.38.